The molecule has 0 radical (unpaired) electrons. The van der Waals surface area contributed by atoms with Crippen LogP contribution in [0.2, 0.25) is 10.0 Å². The number of carbonyl (C=O) groups excluding carboxylic acids is 2. The Bertz CT molecular complexity index is 1360. The van der Waals surface area contributed by atoms with E-state index >= 15 is 0 Å². The molecule has 0 aromatic heterocycles. The van der Waals surface area contributed by atoms with Crippen molar-refractivity contribution in [2.75, 3.05) is 17.9 Å². The van der Waals surface area contributed by atoms with E-state index in [0.717, 1.165) is 14.3 Å². The first kappa shape index (κ1) is 28.0. The quantitative estimate of drug-likeness (QED) is 0.364. The first-order chi connectivity index (χ1) is 17.0. The first-order valence-corrected chi connectivity index (χ1v) is 13.8. The molecule has 190 valence electrons. The Hall–Kier alpha value is -2.59. The van der Waals surface area contributed by atoms with E-state index in [1.165, 1.54) is 42.3 Å². The highest BCUT2D eigenvalue weighted by atomic mass is 79.9. The summed E-state index contributed by atoms with van der Waals surface area (Å²) >= 11 is 15.8. The van der Waals surface area contributed by atoms with Crippen molar-refractivity contribution in [3.05, 3.63) is 92.9 Å². The second-order valence-corrected chi connectivity index (χ2v) is 11.5. The van der Waals surface area contributed by atoms with Crippen LogP contribution in [0, 0.1) is 0 Å². The number of anilines is 1. The minimum Gasteiger partial charge on any atom is -0.357 e. The third kappa shape index (κ3) is 6.59. The summed E-state index contributed by atoms with van der Waals surface area (Å²) in [5, 5.41) is 2.92. The molecule has 0 spiro atoms. The molecule has 0 aliphatic heterocycles. The lowest BCUT2D eigenvalue weighted by Crippen LogP contribution is -2.50. The van der Waals surface area contributed by atoms with Gasteiger partial charge in [0, 0.05) is 23.1 Å². The van der Waals surface area contributed by atoms with Crippen LogP contribution < -0.4 is 9.62 Å². The standard InChI is InChI=1S/C25H24BrCl2N3O4S/c1-17(25(33)29-2)30(15-18-7-6-8-19(26)13-18)24(32)16-31(23-12-11-20(27)14-22(23)28)36(34,35)21-9-4-3-5-10-21/h3-14,17H,15-16H2,1-2H3,(H,29,33)/t17-/m0/s1. The third-order valence-corrected chi connectivity index (χ3v) is 8.25. The van der Waals surface area contributed by atoms with Gasteiger partial charge in [-0.15, -0.1) is 0 Å². The molecule has 1 atom stereocenters. The van der Waals surface area contributed by atoms with Crippen LogP contribution in [0.3, 0.4) is 0 Å². The highest BCUT2D eigenvalue weighted by Crippen LogP contribution is 2.33. The van der Waals surface area contributed by atoms with E-state index in [1.54, 1.807) is 25.1 Å². The van der Waals surface area contributed by atoms with Gasteiger partial charge in [0.2, 0.25) is 11.8 Å². The van der Waals surface area contributed by atoms with Gasteiger partial charge in [-0.1, -0.05) is 69.5 Å². The Morgan fingerprint density at radius 2 is 1.69 bits per heavy atom. The number of nitrogens with one attached hydrogen (secondary N) is 1. The van der Waals surface area contributed by atoms with Crippen LogP contribution in [-0.2, 0) is 26.2 Å². The zero-order valence-electron chi connectivity index (χ0n) is 19.5. The number of halogens is 3. The maximum atomic E-state index is 13.7. The molecule has 3 rings (SSSR count). The van der Waals surface area contributed by atoms with Gasteiger partial charge >= 0.3 is 0 Å². The van der Waals surface area contributed by atoms with Crippen molar-refractivity contribution < 1.29 is 18.0 Å². The van der Waals surface area contributed by atoms with E-state index in [1.807, 2.05) is 24.3 Å². The molecule has 3 aromatic rings. The molecule has 2 amide bonds. The number of hydrogen-bond donors (Lipinski definition) is 1. The van der Waals surface area contributed by atoms with Gasteiger partial charge < -0.3 is 10.2 Å². The average molecular weight is 613 g/mol. The molecule has 36 heavy (non-hydrogen) atoms. The van der Waals surface area contributed by atoms with Crippen molar-refractivity contribution in [1.29, 1.82) is 0 Å². The normalized spacial score (nSPS) is 12.0. The van der Waals surface area contributed by atoms with Crippen LogP contribution in [0.15, 0.2) is 82.2 Å². The van der Waals surface area contributed by atoms with Gasteiger partial charge in [-0.2, -0.15) is 0 Å². The fraction of sp³-hybridized carbons (Fsp3) is 0.200. The molecule has 0 aliphatic rings. The summed E-state index contributed by atoms with van der Waals surface area (Å²) in [5.74, 6) is -0.975. The van der Waals surface area contributed by atoms with Crippen LogP contribution >= 0.6 is 39.1 Å². The van der Waals surface area contributed by atoms with Gasteiger partial charge in [-0.3, -0.25) is 13.9 Å². The van der Waals surface area contributed by atoms with Crippen LogP contribution in [0.25, 0.3) is 0 Å². The monoisotopic (exact) mass is 611 g/mol. The van der Waals surface area contributed by atoms with Crippen molar-refractivity contribution in [2.45, 2.75) is 24.4 Å². The molecule has 0 fully saturated rings. The molecular weight excluding hydrogens is 589 g/mol. The number of rotatable bonds is 9. The van der Waals surface area contributed by atoms with E-state index in [-0.39, 0.29) is 28.1 Å². The third-order valence-electron chi connectivity index (χ3n) is 5.44. The van der Waals surface area contributed by atoms with Crippen LogP contribution in [-0.4, -0.2) is 44.8 Å². The number of amides is 2. The number of benzene rings is 3. The molecule has 7 nitrogen and oxygen atoms in total. The van der Waals surface area contributed by atoms with Crippen molar-refractivity contribution in [3.63, 3.8) is 0 Å². The summed E-state index contributed by atoms with van der Waals surface area (Å²) in [5.41, 5.74) is 0.851. The maximum absolute atomic E-state index is 13.7. The number of hydrogen-bond acceptors (Lipinski definition) is 4. The summed E-state index contributed by atoms with van der Waals surface area (Å²) in [6.07, 6.45) is 0. The highest BCUT2D eigenvalue weighted by Gasteiger charge is 2.33. The first-order valence-electron chi connectivity index (χ1n) is 10.8. The molecule has 0 unspecified atom stereocenters. The Morgan fingerprint density at radius 3 is 2.31 bits per heavy atom. The summed E-state index contributed by atoms with van der Waals surface area (Å²) in [6.45, 7) is 1.08. The van der Waals surface area contributed by atoms with Gasteiger partial charge in [0.05, 0.1) is 15.6 Å². The lowest BCUT2D eigenvalue weighted by Gasteiger charge is -2.32. The van der Waals surface area contributed by atoms with Gasteiger partial charge in [-0.25, -0.2) is 8.42 Å². The smallest absolute Gasteiger partial charge is 0.264 e. The number of nitrogens with zero attached hydrogens (tertiary/aromatic N) is 2. The van der Waals surface area contributed by atoms with Gasteiger partial charge in [-0.05, 0) is 55.0 Å². The molecular formula is C25H24BrCl2N3O4S. The fourth-order valence-electron chi connectivity index (χ4n) is 3.54. The summed E-state index contributed by atoms with van der Waals surface area (Å²) in [4.78, 5) is 27.5. The molecule has 0 heterocycles. The SMILES string of the molecule is CNC(=O)[C@H](C)N(Cc1cccc(Br)c1)C(=O)CN(c1ccc(Cl)cc1Cl)S(=O)(=O)c1ccccc1. The predicted octanol–water partition coefficient (Wildman–Crippen LogP) is 5.11. The van der Waals surface area contributed by atoms with Crippen LogP contribution in [0.1, 0.15) is 12.5 Å². The number of likely N-dealkylation sites (N-methyl/N-ethyl adjacent to an activating group) is 1. The van der Waals surface area contributed by atoms with Crippen LogP contribution in [0.4, 0.5) is 5.69 Å². The minimum atomic E-state index is -4.20. The maximum Gasteiger partial charge on any atom is 0.264 e. The van der Waals surface area contributed by atoms with E-state index in [2.05, 4.69) is 21.2 Å². The molecule has 0 aliphatic carbocycles. The van der Waals surface area contributed by atoms with E-state index in [0.29, 0.717) is 5.02 Å². The average Bonchev–Trinajstić information content (AvgIpc) is 2.85. The zero-order chi connectivity index (χ0) is 26.5. The number of sulfonamides is 1. The predicted molar refractivity (Wildman–Crippen MR) is 146 cm³/mol. The van der Waals surface area contributed by atoms with Gasteiger partial charge in [0.25, 0.3) is 10.0 Å². The Labute approximate surface area is 229 Å². The fourth-order valence-corrected chi connectivity index (χ4v) is 6.00. The number of carbonyl (C=O) groups is 2. The summed E-state index contributed by atoms with van der Waals surface area (Å²) < 4.78 is 29.1. The van der Waals surface area contributed by atoms with Crippen LogP contribution in [0.5, 0.6) is 0 Å². The van der Waals surface area contributed by atoms with Gasteiger partial charge in [0.15, 0.2) is 0 Å². The summed E-state index contributed by atoms with van der Waals surface area (Å²) in [6, 6.07) is 18.5. The van der Waals surface area contributed by atoms with Crippen molar-refractivity contribution in [2.24, 2.45) is 0 Å². The Balaban J connectivity index is 2.06. The molecule has 11 heteroatoms. The molecule has 3 aromatic carbocycles. The lowest BCUT2D eigenvalue weighted by molar-refractivity contribution is -0.139. The van der Waals surface area contributed by atoms with Crippen molar-refractivity contribution in [1.82, 2.24) is 10.2 Å². The van der Waals surface area contributed by atoms with Crippen molar-refractivity contribution >= 4 is 66.7 Å². The van der Waals surface area contributed by atoms with Crippen molar-refractivity contribution in [3.8, 4) is 0 Å². The minimum absolute atomic E-state index is 0.0123. The van der Waals surface area contributed by atoms with Gasteiger partial charge in [0.1, 0.15) is 12.6 Å². The highest BCUT2D eigenvalue weighted by molar-refractivity contribution is 9.10. The zero-order valence-corrected chi connectivity index (χ0v) is 23.4. The lowest BCUT2D eigenvalue weighted by atomic mass is 10.1. The van der Waals surface area contributed by atoms with E-state index < -0.39 is 28.5 Å². The topological polar surface area (TPSA) is 86.8 Å². The molecule has 0 bridgehead atoms. The van der Waals surface area contributed by atoms with E-state index in [9.17, 15) is 18.0 Å². The van der Waals surface area contributed by atoms with E-state index in [4.69, 9.17) is 23.2 Å². The second kappa shape index (κ2) is 12.1. The second-order valence-electron chi connectivity index (χ2n) is 7.86. The molecule has 0 saturated heterocycles. The Morgan fingerprint density at radius 1 is 1.00 bits per heavy atom. The molecule has 0 saturated carbocycles. The molecule has 1 N–H and O–H groups in total. The Kier molecular flexibility index (Phi) is 9.41. The largest absolute Gasteiger partial charge is 0.357 e. The summed E-state index contributed by atoms with van der Waals surface area (Å²) in [7, 11) is -2.73.